The van der Waals surface area contributed by atoms with Crippen molar-refractivity contribution in [3.05, 3.63) is 59.7 Å². The van der Waals surface area contributed by atoms with Gasteiger partial charge in [-0.1, -0.05) is 43.3 Å². The molecule has 0 bridgehead atoms. The van der Waals surface area contributed by atoms with Gasteiger partial charge in [0.25, 0.3) is 0 Å². The number of nitrogens with zero attached hydrogens (tertiary/aromatic N) is 2. The molecule has 0 saturated carbocycles. The first-order valence-electron chi connectivity index (χ1n) is 7.10. The molecule has 3 rings (SSSR count). The van der Waals surface area contributed by atoms with Crippen LogP contribution < -0.4 is 11.1 Å². The summed E-state index contributed by atoms with van der Waals surface area (Å²) in [5, 5.41) is 3.26. The van der Waals surface area contributed by atoms with E-state index in [9.17, 15) is 0 Å². The van der Waals surface area contributed by atoms with E-state index in [1.807, 2.05) is 24.3 Å². The number of hydrogen-bond acceptors (Lipinski definition) is 4. The SMILES string of the molecule is CCc1ccc(CNc2nc3ccccc3nc2N)cc1. The minimum Gasteiger partial charge on any atom is -0.381 e. The minimum absolute atomic E-state index is 0.430. The highest BCUT2D eigenvalue weighted by molar-refractivity contribution is 5.79. The van der Waals surface area contributed by atoms with Crippen LogP contribution in [0.2, 0.25) is 0 Å². The number of nitrogens with two attached hydrogens (primary N) is 1. The lowest BCUT2D eigenvalue weighted by Gasteiger charge is -2.09. The summed E-state index contributed by atoms with van der Waals surface area (Å²) >= 11 is 0. The summed E-state index contributed by atoms with van der Waals surface area (Å²) in [6.45, 7) is 2.83. The molecule has 106 valence electrons. The van der Waals surface area contributed by atoms with Gasteiger partial charge >= 0.3 is 0 Å². The van der Waals surface area contributed by atoms with Crippen LogP contribution in [0.15, 0.2) is 48.5 Å². The van der Waals surface area contributed by atoms with Crippen molar-refractivity contribution in [3.63, 3.8) is 0 Å². The van der Waals surface area contributed by atoms with Gasteiger partial charge < -0.3 is 11.1 Å². The van der Waals surface area contributed by atoms with E-state index in [0.717, 1.165) is 17.5 Å². The number of nitrogens with one attached hydrogen (secondary N) is 1. The maximum atomic E-state index is 5.96. The quantitative estimate of drug-likeness (QED) is 0.768. The molecular formula is C17H18N4. The van der Waals surface area contributed by atoms with Gasteiger partial charge in [-0.2, -0.15) is 0 Å². The Hall–Kier alpha value is -2.62. The largest absolute Gasteiger partial charge is 0.381 e. The molecule has 0 aliphatic heterocycles. The van der Waals surface area contributed by atoms with E-state index in [1.54, 1.807) is 0 Å². The van der Waals surface area contributed by atoms with Crippen LogP contribution in [0.25, 0.3) is 11.0 Å². The Morgan fingerprint density at radius 2 is 1.52 bits per heavy atom. The van der Waals surface area contributed by atoms with Crippen molar-refractivity contribution in [2.75, 3.05) is 11.1 Å². The Morgan fingerprint density at radius 3 is 2.19 bits per heavy atom. The van der Waals surface area contributed by atoms with Gasteiger partial charge in [0.15, 0.2) is 11.6 Å². The fraction of sp³-hybridized carbons (Fsp3) is 0.176. The fourth-order valence-corrected chi connectivity index (χ4v) is 2.22. The summed E-state index contributed by atoms with van der Waals surface area (Å²) < 4.78 is 0. The molecule has 0 amide bonds. The number of hydrogen-bond donors (Lipinski definition) is 2. The van der Waals surface area contributed by atoms with Gasteiger partial charge in [0.2, 0.25) is 0 Å². The van der Waals surface area contributed by atoms with Gasteiger partial charge in [0.05, 0.1) is 11.0 Å². The zero-order valence-electron chi connectivity index (χ0n) is 12.0. The lowest BCUT2D eigenvalue weighted by Crippen LogP contribution is -2.06. The Labute approximate surface area is 124 Å². The van der Waals surface area contributed by atoms with E-state index >= 15 is 0 Å². The highest BCUT2D eigenvalue weighted by Gasteiger charge is 2.05. The molecule has 0 aliphatic rings. The first-order chi connectivity index (χ1) is 10.3. The standard InChI is InChI=1S/C17H18N4/c1-2-12-7-9-13(10-8-12)11-19-17-16(18)20-14-5-3-4-6-15(14)21-17/h3-10H,2,11H2,1H3,(H2,18,20)(H,19,21). The molecule has 0 saturated heterocycles. The minimum atomic E-state index is 0.430. The number of fused-ring (bicyclic) bond motifs is 1. The maximum absolute atomic E-state index is 5.96. The average molecular weight is 278 g/mol. The van der Waals surface area contributed by atoms with E-state index in [4.69, 9.17) is 5.73 Å². The van der Waals surface area contributed by atoms with E-state index in [-0.39, 0.29) is 0 Å². The molecule has 2 aromatic carbocycles. The zero-order chi connectivity index (χ0) is 14.7. The molecule has 3 N–H and O–H groups in total. The smallest absolute Gasteiger partial charge is 0.169 e. The fourth-order valence-electron chi connectivity index (χ4n) is 2.22. The van der Waals surface area contributed by atoms with Crippen LogP contribution in [-0.4, -0.2) is 9.97 Å². The Kier molecular flexibility index (Phi) is 3.69. The molecule has 0 atom stereocenters. The van der Waals surface area contributed by atoms with E-state index in [2.05, 4.69) is 46.5 Å². The highest BCUT2D eigenvalue weighted by Crippen LogP contribution is 2.19. The summed E-state index contributed by atoms with van der Waals surface area (Å²) in [6, 6.07) is 16.3. The number of nitrogen functional groups attached to an aromatic ring is 1. The van der Waals surface area contributed by atoms with Crippen LogP contribution in [0.4, 0.5) is 11.6 Å². The molecule has 3 aromatic rings. The van der Waals surface area contributed by atoms with Crippen LogP contribution in [-0.2, 0) is 13.0 Å². The van der Waals surface area contributed by atoms with Gasteiger partial charge in [0, 0.05) is 6.54 Å². The first kappa shape index (κ1) is 13.4. The number of benzene rings is 2. The van der Waals surface area contributed by atoms with E-state index in [0.29, 0.717) is 18.2 Å². The summed E-state index contributed by atoms with van der Waals surface area (Å²) in [6.07, 6.45) is 1.05. The molecule has 0 aliphatic carbocycles. The number of aromatic nitrogens is 2. The summed E-state index contributed by atoms with van der Waals surface area (Å²) in [4.78, 5) is 8.89. The van der Waals surface area contributed by atoms with E-state index < -0.39 is 0 Å². The number of rotatable bonds is 4. The molecule has 0 unspecified atom stereocenters. The van der Waals surface area contributed by atoms with Crippen LogP contribution in [0.1, 0.15) is 18.1 Å². The van der Waals surface area contributed by atoms with Crippen molar-refractivity contribution in [3.8, 4) is 0 Å². The normalized spacial score (nSPS) is 10.7. The third-order valence-electron chi connectivity index (χ3n) is 3.49. The number of aryl methyl sites for hydroxylation is 1. The second-order valence-corrected chi connectivity index (χ2v) is 4.97. The Balaban J connectivity index is 1.79. The molecule has 0 radical (unpaired) electrons. The molecular weight excluding hydrogens is 260 g/mol. The average Bonchev–Trinajstić information content (AvgIpc) is 2.53. The highest BCUT2D eigenvalue weighted by atomic mass is 15.1. The molecule has 0 fully saturated rings. The molecule has 1 heterocycles. The lowest BCUT2D eigenvalue weighted by molar-refractivity contribution is 1.09. The molecule has 21 heavy (non-hydrogen) atoms. The lowest BCUT2D eigenvalue weighted by atomic mass is 10.1. The van der Waals surface area contributed by atoms with Crippen LogP contribution in [0.3, 0.4) is 0 Å². The Morgan fingerprint density at radius 1 is 0.905 bits per heavy atom. The third-order valence-corrected chi connectivity index (χ3v) is 3.49. The monoisotopic (exact) mass is 278 g/mol. The predicted molar refractivity (Wildman–Crippen MR) is 87.1 cm³/mol. The molecule has 4 heteroatoms. The summed E-state index contributed by atoms with van der Waals surface area (Å²) in [7, 11) is 0. The van der Waals surface area contributed by atoms with Crippen LogP contribution in [0.5, 0.6) is 0 Å². The Bertz CT molecular complexity index is 750. The van der Waals surface area contributed by atoms with Gasteiger partial charge in [-0.25, -0.2) is 9.97 Å². The van der Waals surface area contributed by atoms with Crippen LogP contribution in [0, 0.1) is 0 Å². The topological polar surface area (TPSA) is 63.8 Å². The van der Waals surface area contributed by atoms with Crippen molar-refractivity contribution < 1.29 is 0 Å². The van der Waals surface area contributed by atoms with Gasteiger partial charge in [-0.3, -0.25) is 0 Å². The summed E-state index contributed by atoms with van der Waals surface area (Å²) in [5.74, 6) is 1.06. The molecule has 0 spiro atoms. The van der Waals surface area contributed by atoms with Crippen molar-refractivity contribution in [1.29, 1.82) is 0 Å². The number of anilines is 2. The van der Waals surface area contributed by atoms with Gasteiger partial charge in [-0.05, 0) is 29.7 Å². The van der Waals surface area contributed by atoms with Crippen molar-refractivity contribution in [2.24, 2.45) is 0 Å². The van der Waals surface area contributed by atoms with Crippen molar-refractivity contribution in [2.45, 2.75) is 19.9 Å². The van der Waals surface area contributed by atoms with Crippen molar-refractivity contribution in [1.82, 2.24) is 9.97 Å². The second-order valence-electron chi connectivity index (χ2n) is 4.97. The van der Waals surface area contributed by atoms with Crippen molar-refractivity contribution >= 4 is 22.7 Å². The predicted octanol–water partition coefficient (Wildman–Crippen LogP) is 3.39. The molecule has 4 nitrogen and oxygen atoms in total. The third kappa shape index (κ3) is 2.94. The van der Waals surface area contributed by atoms with E-state index in [1.165, 1.54) is 11.1 Å². The van der Waals surface area contributed by atoms with Gasteiger partial charge in [-0.15, -0.1) is 0 Å². The van der Waals surface area contributed by atoms with Crippen LogP contribution >= 0.6 is 0 Å². The summed E-state index contributed by atoms with van der Waals surface area (Å²) in [5.41, 5.74) is 10.1. The number of para-hydroxylation sites is 2. The first-order valence-corrected chi connectivity index (χ1v) is 7.10. The zero-order valence-corrected chi connectivity index (χ0v) is 12.0. The maximum Gasteiger partial charge on any atom is 0.169 e. The van der Waals surface area contributed by atoms with Gasteiger partial charge in [0.1, 0.15) is 0 Å². The second kappa shape index (κ2) is 5.79. The molecule has 1 aromatic heterocycles.